The van der Waals surface area contributed by atoms with Gasteiger partial charge in [0.2, 0.25) is 0 Å². The second-order valence-electron chi connectivity index (χ2n) is 16.0. The molecule has 3 aliphatic rings. The van der Waals surface area contributed by atoms with Crippen LogP contribution in [0.25, 0.3) is 44.5 Å². The normalized spacial score (nSPS) is 20.8. The van der Waals surface area contributed by atoms with Crippen LogP contribution in [0.4, 0.5) is 0 Å². The van der Waals surface area contributed by atoms with Crippen molar-refractivity contribution in [2.24, 2.45) is 0 Å². The van der Waals surface area contributed by atoms with Crippen LogP contribution in [0.1, 0.15) is 0 Å². The van der Waals surface area contributed by atoms with E-state index in [-0.39, 0.29) is 12.3 Å². The molecule has 8 aromatic carbocycles. The van der Waals surface area contributed by atoms with Gasteiger partial charge in [0.15, 0.2) is 7.29 Å². The predicted octanol–water partition coefficient (Wildman–Crippen LogP) is 11.9. The smallest absolute Gasteiger partial charge is 0.358 e. The highest BCUT2D eigenvalue weighted by molar-refractivity contribution is 7.82. The van der Waals surface area contributed by atoms with Crippen molar-refractivity contribution in [3.63, 3.8) is 0 Å². The first-order valence-electron chi connectivity index (χ1n) is 21.0. The average molecular weight is 933 g/mol. The third kappa shape index (κ3) is 6.55. The van der Waals surface area contributed by atoms with Crippen LogP contribution < -0.4 is 34.8 Å². The lowest BCUT2D eigenvalue weighted by Crippen LogP contribution is -2.41. The summed E-state index contributed by atoms with van der Waals surface area (Å²) in [7, 11) is -17.6. The highest BCUT2D eigenvalue weighted by atomic mass is 31.2. The zero-order valence-corrected chi connectivity index (χ0v) is 38.5. The van der Waals surface area contributed by atoms with Crippen LogP contribution in [0.2, 0.25) is 0 Å². The van der Waals surface area contributed by atoms with Gasteiger partial charge in [-0.15, -0.1) is 4.44 Å². The second kappa shape index (κ2) is 15.8. The van der Waals surface area contributed by atoms with E-state index in [4.69, 9.17) is 13.6 Å². The molecule has 0 amide bonds. The Balaban J connectivity index is 1.14. The lowest BCUT2D eigenvalue weighted by molar-refractivity contribution is 0.376. The second-order valence-corrected chi connectivity index (χ2v) is 25.9. The van der Waals surface area contributed by atoms with E-state index in [0.29, 0.717) is 83.0 Å². The summed E-state index contributed by atoms with van der Waals surface area (Å²) in [5.41, 5.74) is 4.90. The molecule has 3 heterocycles. The molecular weight excluding hydrogens is 892 g/mol. The number of rotatable bonds is 9. The van der Waals surface area contributed by atoms with Crippen molar-refractivity contribution in [1.29, 1.82) is 0 Å². The molecule has 1 N–H and O–H groups in total. The van der Waals surface area contributed by atoms with Crippen LogP contribution in [0.3, 0.4) is 0 Å². The summed E-state index contributed by atoms with van der Waals surface area (Å²) in [4.78, 5) is 0. The van der Waals surface area contributed by atoms with Gasteiger partial charge in [0, 0.05) is 64.0 Å². The van der Waals surface area contributed by atoms with Crippen molar-refractivity contribution in [2.75, 3.05) is 19.8 Å². The molecule has 8 aromatic rings. The fourth-order valence-electron chi connectivity index (χ4n) is 9.24. The third-order valence-electron chi connectivity index (χ3n) is 12.2. The lowest BCUT2D eigenvalue weighted by atomic mass is 10.0. The number of aromatic hydroxyl groups is 1. The van der Waals surface area contributed by atoms with Crippen molar-refractivity contribution in [1.82, 2.24) is 8.88 Å². The number of para-hydroxylation sites is 4. The maximum atomic E-state index is 16.6. The quantitative estimate of drug-likeness (QED) is 0.140. The van der Waals surface area contributed by atoms with Gasteiger partial charge in [-0.2, -0.15) is 4.44 Å². The Morgan fingerprint density at radius 3 is 1.22 bits per heavy atom. The molecular formula is C51H40N2O8P4. The van der Waals surface area contributed by atoms with Gasteiger partial charge in [-0.3, -0.25) is 13.7 Å². The third-order valence-corrected chi connectivity index (χ3v) is 24.5. The number of phenols is 1. The Bertz CT molecular complexity index is 3320. The minimum Gasteiger partial charge on any atom is -0.507 e. The van der Waals surface area contributed by atoms with Gasteiger partial charge < -0.3 is 23.2 Å². The van der Waals surface area contributed by atoms with Gasteiger partial charge in [0.25, 0.3) is 0 Å². The number of fused-ring (bicyclic) bond motifs is 9. The number of hydrogen-bond donors (Lipinski definition) is 1. The zero-order chi connectivity index (χ0) is 44.6. The standard InChI is InChI=1S/C51H40N2O8P4/c1-62(55,48-30-14-6-22-40(48)36-18-2-10-26-44(36)54)52(63(56)49-31-15-7-23-41(49)37-19-3-11-27-45(37)59-63)34-35-53(64(57)50-32-16-8-24-42(50)38-20-4-12-28-46(38)60-64)65(58)51-33-17-9-25-43(51)39-21-5-13-29-47(39)61-65/h2-33,54H,34-35H2,1H3. The van der Waals surface area contributed by atoms with E-state index in [1.54, 1.807) is 121 Å². The SMILES string of the molecule is CP(=O)(c1ccccc1-c1ccccc1O)N(CCN(P1(=O)Oc2ccccc2-c2ccccc21)P1(=O)Oc2ccccc2-c2ccccc21)P1(=O)Oc2ccccc2-c2ccccc21. The van der Waals surface area contributed by atoms with Crippen LogP contribution in [-0.4, -0.2) is 33.7 Å². The molecule has 11 rings (SSSR count). The van der Waals surface area contributed by atoms with Crippen LogP contribution in [-0.2, 0) is 18.3 Å². The van der Waals surface area contributed by atoms with E-state index in [1.165, 1.54) is 15.5 Å². The Morgan fingerprint density at radius 2 is 0.754 bits per heavy atom. The summed E-state index contributed by atoms with van der Waals surface area (Å²) in [6.45, 7) is 0.734. The van der Waals surface area contributed by atoms with Crippen molar-refractivity contribution in [3.05, 3.63) is 194 Å². The Labute approximate surface area is 376 Å². The van der Waals surface area contributed by atoms with Gasteiger partial charge in [0.1, 0.15) is 23.0 Å². The molecule has 0 aliphatic carbocycles. The van der Waals surface area contributed by atoms with Crippen molar-refractivity contribution < 1.29 is 36.9 Å². The molecule has 0 saturated heterocycles. The summed E-state index contributed by atoms with van der Waals surface area (Å²) in [5.74, 6) is 0.935. The summed E-state index contributed by atoms with van der Waals surface area (Å²) < 4.78 is 89.1. The van der Waals surface area contributed by atoms with Crippen LogP contribution >= 0.6 is 29.9 Å². The zero-order valence-electron chi connectivity index (χ0n) is 34.9. The van der Waals surface area contributed by atoms with E-state index in [1.807, 2.05) is 72.8 Å². The summed E-state index contributed by atoms with van der Waals surface area (Å²) in [6, 6.07) is 57.0. The van der Waals surface area contributed by atoms with Crippen molar-refractivity contribution in [2.45, 2.75) is 0 Å². The average Bonchev–Trinajstić information content (AvgIpc) is 3.33. The van der Waals surface area contributed by atoms with Crippen LogP contribution in [0, 0.1) is 0 Å². The molecule has 14 heteroatoms. The largest absolute Gasteiger partial charge is 0.507 e. The van der Waals surface area contributed by atoms with Crippen molar-refractivity contribution >= 4 is 51.1 Å². The van der Waals surface area contributed by atoms with Crippen LogP contribution in [0.5, 0.6) is 23.0 Å². The molecule has 0 bridgehead atoms. The van der Waals surface area contributed by atoms with Crippen LogP contribution in [0.15, 0.2) is 194 Å². The lowest BCUT2D eigenvalue weighted by Gasteiger charge is -2.43. The number of benzene rings is 8. The molecule has 0 radical (unpaired) electrons. The minimum absolute atomic E-state index is 0.0320. The van der Waals surface area contributed by atoms with Gasteiger partial charge in [-0.05, 0) is 54.1 Å². The van der Waals surface area contributed by atoms with Gasteiger partial charge in [-0.1, -0.05) is 146 Å². The first kappa shape index (κ1) is 41.5. The highest BCUT2D eigenvalue weighted by Gasteiger charge is 2.56. The molecule has 0 fully saturated rings. The van der Waals surface area contributed by atoms with E-state index in [0.717, 1.165) is 0 Å². The first-order chi connectivity index (χ1) is 31.5. The Morgan fingerprint density at radius 1 is 0.415 bits per heavy atom. The number of hydrogen-bond acceptors (Lipinski definition) is 8. The summed E-state index contributed by atoms with van der Waals surface area (Å²) in [6.07, 6.45) is 0. The maximum Gasteiger partial charge on any atom is 0.358 e. The van der Waals surface area contributed by atoms with E-state index in [2.05, 4.69) is 0 Å². The Hall–Kier alpha value is -6.20. The molecule has 0 aromatic heterocycles. The van der Waals surface area contributed by atoms with Crippen molar-refractivity contribution in [3.8, 4) is 67.5 Å². The van der Waals surface area contributed by atoms with E-state index >= 15 is 18.3 Å². The minimum atomic E-state index is -4.51. The molecule has 322 valence electrons. The number of phenolic OH excluding ortho intramolecular Hbond substituents is 1. The van der Waals surface area contributed by atoms with Gasteiger partial charge in [-0.25, -0.2) is 0 Å². The highest BCUT2D eigenvalue weighted by Crippen LogP contribution is 2.72. The monoisotopic (exact) mass is 932 g/mol. The topological polar surface area (TPSA) is 123 Å². The summed E-state index contributed by atoms with van der Waals surface area (Å²) in [5, 5.41) is 12.4. The maximum absolute atomic E-state index is 16.6. The molecule has 4 unspecified atom stereocenters. The predicted molar refractivity (Wildman–Crippen MR) is 259 cm³/mol. The van der Waals surface area contributed by atoms with Gasteiger partial charge in [0.05, 0.1) is 15.9 Å². The molecule has 65 heavy (non-hydrogen) atoms. The van der Waals surface area contributed by atoms with E-state index in [9.17, 15) is 5.11 Å². The number of nitrogens with zero attached hydrogens (tertiary/aromatic N) is 2. The fourth-order valence-corrected chi connectivity index (χ4v) is 21.5. The Kier molecular flexibility index (Phi) is 10.1. The first-order valence-corrected chi connectivity index (χ1v) is 27.8. The molecule has 10 nitrogen and oxygen atoms in total. The molecule has 4 atom stereocenters. The van der Waals surface area contributed by atoms with E-state index < -0.39 is 36.4 Å². The molecule has 3 aliphatic heterocycles. The molecule has 0 saturated carbocycles. The van der Waals surface area contributed by atoms with Gasteiger partial charge >= 0.3 is 22.6 Å². The fraction of sp³-hybridized carbons (Fsp3) is 0.0588. The molecule has 0 spiro atoms. The summed E-state index contributed by atoms with van der Waals surface area (Å²) >= 11 is 0.